The zero-order chi connectivity index (χ0) is 27.8. The minimum absolute atomic E-state index is 0.0790. The summed E-state index contributed by atoms with van der Waals surface area (Å²) in [5, 5.41) is 4.11. The van der Waals surface area contributed by atoms with Gasteiger partial charge in [0.1, 0.15) is 11.8 Å². The molecule has 206 valence electrons. The first kappa shape index (κ1) is 29.4. The number of halogens is 3. The molecule has 5 nitrogen and oxygen atoms in total. The minimum Gasteiger partial charge on any atom is -0.484 e. The lowest BCUT2D eigenvalue weighted by Gasteiger charge is -2.33. The Bertz CT molecular complexity index is 1260. The van der Waals surface area contributed by atoms with Gasteiger partial charge in [0.15, 0.2) is 6.61 Å². The maximum absolute atomic E-state index is 13.9. The highest BCUT2D eigenvalue weighted by atomic mass is 79.9. The van der Waals surface area contributed by atoms with Crippen molar-refractivity contribution < 1.29 is 14.3 Å². The molecule has 0 spiro atoms. The quantitative estimate of drug-likeness (QED) is 0.252. The Labute approximate surface area is 249 Å². The van der Waals surface area contributed by atoms with E-state index >= 15 is 0 Å². The molecule has 0 heterocycles. The average Bonchev–Trinajstić information content (AvgIpc) is 2.93. The molecule has 0 aliphatic heterocycles. The van der Waals surface area contributed by atoms with E-state index in [1.807, 2.05) is 49.4 Å². The van der Waals surface area contributed by atoms with Crippen molar-refractivity contribution in [2.75, 3.05) is 6.61 Å². The van der Waals surface area contributed by atoms with Gasteiger partial charge in [0, 0.05) is 39.1 Å². The number of hydrogen-bond donors (Lipinski definition) is 1. The summed E-state index contributed by atoms with van der Waals surface area (Å²) < 4.78 is 6.86. The number of aryl methyl sites for hydroxylation is 1. The third kappa shape index (κ3) is 8.23. The van der Waals surface area contributed by atoms with Crippen LogP contribution in [-0.2, 0) is 22.6 Å². The van der Waals surface area contributed by atoms with E-state index in [1.54, 1.807) is 29.2 Å². The van der Waals surface area contributed by atoms with Crippen molar-refractivity contribution in [2.45, 2.75) is 64.1 Å². The number of benzene rings is 3. The number of carbonyl (C=O) groups excluding carboxylic acids is 2. The molecule has 1 aliphatic rings. The molecule has 0 bridgehead atoms. The minimum atomic E-state index is -0.774. The second-order valence-electron chi connectivity index (χ2n) is 9.97. The van der Waals surface area contributed by atoms with Gasteiger partial charge in [-0.15, -0.1) is 0 Å². The molecule has 4 rings (SSSR count). The Morgan fingerprint density at radius 3 is 2.36 bits per heavy atom. The van der Waals surface area contributed by atoms with Crippen LogP contribution in [0.1, 0.15) is 48.8 Å². The van der Waals surface area contributed by atoms with Crippen LogP contribution in [0.4, 0.5) is 0 Å². The topological polar surface area (TPSA) is 58.6 Å². The molecule has 3 aromatic rings. The van der Waals surface area contributed by atoms with Crippen molar-refractivity contribution in [3.05, 3.63) is 97.9 Å². The normalized spacial score (nSPS) is 14.5. The van der Waals surface area contributed by atoms with Crippen LogP contribution in [0, 0.1) is 6.92 Å². The van der Waals surface area contributed by atoms with Gasteiger partial charge in [-0.25, -0.2) is 0 Å². The molecular formula is C31H33BrCl2N2O3. The standard InChI is InChI=1S/C31H33BrCl2N2O3/c1-21-17-24(15-16-26(21)32)39-20-30(37)36(19-25-27(33)13-8-14-28(25)34)29(18-22-9-4-2-5-10-22)31(38)35-23-11-6-3-7-12-23/h2,4-5,8-10,13-17,23,29H,3,6-7,11-12,18-20H2,1H3,(H,35,38)/t29-/m1/s1. The van der Waals surface area contributed by atoms with Gasteiger partial charge < -0.3 is 15.0 Å². The van der Waals surface area contributed by atoms with E-state index in [4.69, 9.17) is 27.9 Å². The van der Waals surface area contributed by atoms with E-state index in [9.17, 15) is 9.59 Å². The van der Waals surface area contributed by atoms with Crippen LogP contribution in [-0.4, -0.2) is 35.4 Å². The summed E-state index contributed by atoms with van der Waals surface area (Å²) in [5.41, 5.74) is 2.54. The van der Waals surface area contributed by atoms with Gasteiger partial charge >= 0.3 is 0 Å². The van der Waals surface area contributed by atoms with E-state index < -0.39 is 6.04 Å². The first-order valence-electron chi connectivity index (χ1n) is 13.3. The number of amides is 2. The SMILES string of the molecule is Cc1cc(OCC(=O)N(Cc2c(Cl)cccc2Cl)[C@H](Cc2ccccc2)C(=O)NC2CCCCC2)ccc1Br. The van der Waals surface area contributed by atoms with Crippen molar-refractivity contribution in [1.29, 1.82) is 0 Å². The lowest BCUT2D eigenvalue weighted by molar-refractivity contribution is -0.143. The predicted molar refractivity (Wildman–Crippen MR) is 160 cm³/mol. The summed E-state index contributed by atoms with van der Waals surface area (Å²) in [6, 6.07) is 19.8. The summed E-state index contributed by atoms with van der Waals surface area (Å²) in [4.78, 5) is 29.3. The van der Waals surface area contributed by atoms with Gasteiger partial charge in [-0.2, -0.15) is 0 Å². The van der Waals surface area contributed by atoms with Crippen LogP contribution in [0.5, 0.6) is 5.75 Å². The Balaban J connectivity index is 1.65. The number of nitrogens with one attached hydrogen (secondary N) is 1. The van der Waals surface area contributed by atoms with Crippen LogP contribution < -0.4 is 10.1 Å². The summed E-state index contributed by atoms with van der Waals surface area (Å²) in [6.07, 6.45) is 5.60. The molecule has 1 aliphatic carbocycles. The zero-order valence-corrected chi connectivity index (χ0v) is 25.1. The van der Waals surface area contributed by atoms with Crippen LogP contribution in [0.25, 0.3) is 0 Å². The third-order valence-corrected chi connectivity index (χ3v) is 8.70. The first-order chi connectivity index (χ1) is 18.8. The number of rotatable bonds is 10. The van der Waals surface area contributed by atoms with Crippen LogP contribution in [0.2, 0.25) is 10.0 Å². The molecule has 0 saturated heterocycles. The fourth-order valence-electron chi connectivity index (χ4n) is 4.89. The number of carbonyl (C=O) groups is 2. The summed E-state index contributed by atoms with van der Waals surface area (Å²) in [7, 11) is 0. The summed E-state index contributed by atoms with van der Waals surface area (Å²) in [5.74, 6) is 0.0686. The smallest absolute Gasteiger partial charge is 0.261 e. The monoisotopic (exact) mass is 630 g/mol. The molecule has 0 radical (unpaired) electrons. The second-order valence-corrected chi connectivity index (χ2v) is 11.6. The molecule has 1 atom stereocenters. The fourth-order valence-corrected chi connectivity index (χ4v) is 5.65. The van der Waals surface area contributed by atoms with Gasteiger partial charge in [0.05, 0.1) is 0 Å². The predicted octanol–water partition coefficient (Wildman–Crippen LogP) is 7.53. The van der Waals surface area contributed by atoms with Gasteiger partial charge in [-0.3, -0.25) is 9.59 Å². The van der Waals surface area contributed by atoms with Crippen LogP contribution in [0.3, 0.4) is 0 Å². The van der Waals surface area contributed by atoms with Crippen molar-refractivity contribution in [3.63, 3.8) is 0 Å². The van der Waals surface area contributed by atoms with E-state index in [2.05, 4.69) is 21.2 Å². The molecule has 1 saturated carbocycles. The van der Waals surface area contributed by atoms with Gasteiger partial charge in [0.25, 0.3) is 5.91 Å². The van der Waals surface area contributed by atoms with Gasteiger partial charge in [-0.05, 0) is 61.2 Å². The lowest BCUT2D eigenvalue weighted by Crippen LogP contribution is -2.53. The van der Waals surface area contributed by atoms with E-state index in [0.29, 0.717) is 27.8 Å². The molecule has 39 heavy (non-hydrogen) atoms. The average molecular weight is 632 g/mol. The molecule has 2 amide bonds. The van der Waals surface area contributed by atoms with E-state index in [1.165, 1.54) is 6.42 Å². The molecular weight excluding hydrogens is 599 g/mol. The second kappa shape index (κ2) is 14.2. The molecule has 0 aromatic heterocycles. The highest BCUT2D eigenvalue weighted by Gasteiger charge is 2.33. The Hall–Kier alpha value is -2.54. The van der Waals surface area contributed by atoms with Crippen molar-refractivity contribution >= 4 is 50.9 Å². The first-order valence-corrected chi connectivity index (χ1v) is 14.8. The highest BCUT2D eigenvalue weighted by molar-refractivity contribution is 9.10. The highest BCUT2D eigenvalue weighted by Crippen LogP contribution is 2.28. The van der Waals surface area contributed by atoms with Crippen molar-refractivity contribution in [3.8, 4) is 5.75 Å². The third-order valence-electron chi connectivity index (χ3n) is 7.10. The number of hydrogen-bond acceptors (Lipinski definition) is 3. The number of ether oxygens (including phenoxy) is 1. The molecule has 8 heteroatoms. The lowest BCUT2D eigenvalue weighted by atomic mass is 9.94. The summed E-state index contributed by atoms with van der Waals surface area (Å²) >= 11 is 16.5. The Morgan fingerprint density at radius 1 is 1.00 bits per heavy atom. The Kier molecular flexibility index (Phi) is 10.7. The fraction of sp³-hybridized carbons (Fsp3) is 0.355. The van der Waals surface area contributed by atoms with Crippen LogP contribution >= 0.6 is 39.1 Å². The maximum atomic E-state index is 13.9. The molecule has 0 unspecified atom stereocenters. The van der Waals surface area contributed by atoms with Crippen molar-refractivity contribution in [2.24, 2.45) is 0 Å². The molecule has 1 fully saturated rings. The maximum Gasteiger partial charge on any atom is 0.261 e. The zero-order valence-electron chi connectivity index (χ0n) is 22.0. The van der Waals surface area contributed by atoms with E-state index in [0.717, 1.165) is 41.3 Å². The largest absolute Gasteiger partial charge is 0.484 e. The van der Waals surface area contributed by atoms with Gasteiger partial charge in [-0.1, -0.05) is 94.8 Å². The number of nitrogens with zero attached hydrogens (tertiary/aromatic N) is 1. The van der Waals surface area contributed by atoms with Gasteiger partial charge in [0.2, 0.25) is 5.91 Å². The Morgan fingerprint density at radius 2 is 1.69 bits per heavy atom. The van der Waals surface area contributed by atoms with E-state index in [-0.39, 0.29) is 31.0 Å². The molecule has 1 N–H and O–H groups in total. The summed E-state index contributed by atoms with van der Waals surface area (Å²) in [6.45, 7) is 1.80. The van der Waals surface area contributed by atoms with Crippen LogP contribution in [0.15, 0.2) is 71.2 Å². The molecule has 3 aromatic carbocycles. The van der Waals surface area contributed by atoms with Crippen molar-refractivity contribution in [1.82, 2.24) is 10.2 Å².